The maximum Gasteiger partial charge on any atom is 0.306 e. The molecule has 1 heterocycles. The normalized spacial score (nSPS) is 14.3. The van der Waals surface area contributed by atoms with E-state index in [1.54, 1.807) is 25.3 Å². The van der Waals surface area contributed by atoms with E-state index in [4.69, 9.17) is 14.2 Å². The van der Waals surface area contributed by atoms with Gasteiger partial charge < -0.3 is 14.2 Å². The van der Waals surface area contributed by atoms with Gasteiger partial charge in [0.05, 0.1) is 12.7 Å². The van der Waals surface area contributed by atoms with Crippen molar-refractivity contribution < 1.29 is 28.6 Å². The van der Waals surface area contributed by atoms with E-state index in [9.17, 15) is 14.4 Å². The Morgan fingerprint density at radius 1 is 0.902 bits per heavy atom. The zero-order chi connectivity index (χ0) is 30.0. The van der Waals surface area contributed by atoms with Crippen molar-refractivity contribution in [1.29, 1.82) is 0 Å². The summed E-state index contributed by atoms with van der Waals surface area (Å²) in [5.41, 5.74) is 3.39. The van der Waals surface area contributed by atoms with Crippen LogP contribution in [-0.4, -0.2) is 31.3 Å². The number of fused-ring (bicyclic) bond motifs is 1. The first-order valence-electron chi connectivity index (χ1n) is 15.7. The van der Waals surface area contributed by atoms with Gasteiger partial charge in [0.25, 0.3) is 0 Å². The highest BCUT2D eigenvalue weighted by atomic mass is 16.5. The Morgan fingerprint density at radius 3 is 2.02 bits per heavy atom. The largest absolute Gasteiger partial charge is 0.496 e. The van der Waals surface area contributed by atoms with Crippen molar-refractivity contribution in [2.24, 2.45) is 0 Å². The molecule has 0 aromatic heterocycles. The molecule has 0 amide bonds. The van der Waals surface area contributed by atoms with Gasteiger partial charge in [0.2, 0.25) is 0 Å². The van der Waals surface area contributed by atoms with E-state index in [0.717, 1.165) is 42.3 Å². The number of rotatable bonds is 21. The van der Waals surface area contributed by atoms with Crippen LogP contribution < -0.4 is 9.47 Å². The first-order valence-corrected chi connectivity index (χ1v) is 15.7. The van der Waals surface area contributed by atoms with Crippen LogP contribution >= 0.6 is 0 Å². The molecule has 0 unspecified atom stereocenters. The number of benzene rings is 1. The highest BCUT2D eigenvalue weighted by molar-refractivity contribution is 6.00. The van der Waals surface area contributed by atoms with Gasteiger partial charge in [-0.25, -0.2) is 0 Å². The minimum absolute atomic E-state index is 0.0170. The third kappa shape index (κ3) is 12.2. The number of esters is 1. The summed E-state index contributed by atoms with van der Waals surface area (Å²) in [6.07, 6.45) is 20.7. The summed E-state index contributed by atoms with van der Waals surface area (Å²) in [5.74, 6) is 0.661. The molecule has 0 saturated carbocycles. The molecule has 0 saturated heterocycles. The van der Waals surface area contributed by atoms with E-state index in [1.165, 1.54) is 64.2 Å². The molecule has 41 heavy (non-hydrogen) atoms. The number of ether oxygens (including phenoxy) is 3. The number of unbranched alkanes of at least 4 members (excludes halogenated alkanes) is 12. The number of methoxy groups -OCH3 is 1. The Balaban J connectivity index is 1.78. The smallest absolute Gasteiger partial charge is 0.306 e. The minimum Gasteiger partial charge on any atom is -0.496 e. The Labute approximate surface area is 247 Å². The second-order valence-corrected chi connectivity index (χ2v) is 11.6. The lowest BCUT2D eigenvalue weighted by atomic mass is 9.98. The van der Waals surface area contributed by atoms with E-state index in [1.807, 2.05) is 20.8 Å². The highest BCUT2D eigenvalue weighted by Gasteiger charge is 2.32. The molecule has 0 bridgehead atoms. The Bertz CT molecular complexity index is 1050. The maximum atomic E-state index is 12.4. The van der Waals surface area contributed by atoms with Crippen molar-refractivity contribution in [2.75, 3.05) is 7.11 Å². The standard InChI is InChI=1S/C35H52O6/c1-6-7-8-9-10-11-12-13-14-15-16-17-18-19-34(38)40-25-28-22-33(39-5)30-23-32(41-35(30)31(28)24-36)27(4)21-29(37)20-26(2)3/h20-22,24,32H,6-19,23,25H2,1-5H3/b27-21-/t32-/m1/s1. The molecule has 1 aromatic rings. The molecule has 0 spiro atoms. The van der Waals surface area contributed by atoms with E-state index in [-0.39, 0.29) is 24.5 Å². The van der Waals surface area contributed by atoms with Gasteiger partial charge in [0.15, 0.2) is 12.1 Å². The average Bonchev–Trinajstić information content (AvgIpc) is 3.39. The van der Waals surface area contributed by atoms with Gasteiger partial charge in [-0.2, -0.15) is 0 Å². The van der Waals surface area contributed by atoms with Crippen LogP contribution in [0.15, 0.2) is 29.4 Å². The van der Waals surface area contributed by atoms with Gasteiger partial charge in [0.1, 0.15) is 24.2 Å². The van der Waals surface area contributed by atoms with Gasteiger partial charge in [-0.15, -0.1) is 0 Å². The predicted molar refractivity (Wildman–Crippen MR) is 165 cm³/mol. The summed E-state index contributed by atoms with van der Waals surface area (Å²) >= 11 is 0. The summed E-state index contributed by atoms with van der Waals surface area (Å²) in [5, 5.41) is 0. The first kappa shape index (κ1) is 34.3. The molecule has 0 radical (unpaired) electrons. The van der Waals surface area contributed by atoms with Crippen molar-refractivity contribution in [1.82, 2.24) is 0 Å². The van der Waals surface area contributed by atoms with Crippen LogP contribution in [0.25, 0.3) is 0 Å². The van der Waals surface area contributed by atoms with Gasteiger partial charge in [-0.05, 0) is 51.0 Å². The Hall–Kier alpha value is -2.89. The van der Waals surface area contributed by atoms with Crippen LogP contribution in [0.3, 0.4) is 0 Å². The van der Waals surface area contributed by atoms with Crippen molar-refractivity contribution in [3.63, 3.8) is 0 Å². The third-order valence-electron chi connectivity index (χ3n) is 7.64. The van der Waals surface area contributed by atoms with E-state index in [2.05, 4.69) is 6.92 Å². The number of aldehydes is 1. The first-order chi connectivity index (χ1) is 19.8. The van der Waals surface area contributed by atoms with E-state index >= 15 is 0 Å². The fourth-order valence-electron chi connectivity index (χ4n) is 5.29. The zero-order valence-corrected chi connectivity index (χ0v) is 26.1. The number of carbonyl (C=O) groups excluding carboxylic acids is 3. The molecular weight excluding hydrogens is 516 g/mol. The molecule has 1 aliphatic heterocycles. The fourth-order valence-corrected chi connectivity index (χ4v) is 5.29. The summed E-state index contributed by atoms with van der Waals surface area (Å²) in [4.78, 5) is 36.7. The van der Waals surface area contributed by atoms with Crippen LogP contribution in [0, 0.1) is 0 Å². The fraction of sp³-hybridized carbons (Fsp3) is 0.629. The maximum absolute atomic E-state index is 12.4. The van der Waals surface area contributed by atoms with Crippen LogP contribution in [-0.2, 0) is 27.4 Å². The highest BCUT2D eigenvalue weighted by Crippen LogP contribution is 2.42. The molecule has 6 nitrogen and oxygen atoms in total. The summed E-state index contributed by atoms with van der Waals surface area (Å²) in [6.45, 7) is 7.83. The summed E-state index contributed by atoms with van der Waals surface area (Å²) < 4.78 is 17.3. The molecule has 1 aliphatic rings. The van der Waals surface area contributed by atoms with Gasteiger partial charge in [0, 0.05) is 24.0 Å². The second kappa shape index (κ2) is 19.3. The van der Waals surface area contributed by atoms with Crippen molar-refractivity contribution in [3.8, 4) is 11.5 Å². The minimum atomic E-state index is -0.375. The lowest BCUT2D eigenvalue weighted by Crippen LogP contribution is -2.15. The Morgan fingerprint density at radius 2 is 1.49 bits per heavy atom. The van der Waals surface area contributed by atoms with Crippen LogP contribution in [0.5, 0.6) is 11.5 Å². The topological polar surface area (TPSA) is 78.9 Å². The number of carbonyl (C=O) groups is 3. The number of hydrogen-bond acceptors (Lipinski definition) is 6. The third-order valence-corrected chi connectivity index (χ3v) is 7.64. The van der Waals surface area contributed by atoms with Gasteiger partial charge in [-0.1, -0.05) is 89.5 Å². The van der Waals surface area contributed by atoms with E-state index in [0.29, 0.717) is 35.5 Å². The number of hydrogen-bond donors (Lipinski definition) is 0. The van der Waals surface area contributed by atoms with Crippen LogP contribution in [0.4, 0.5) is 0 Å². The monoisotopic (exact) mass is 568 g/mol. The van der Waals surface area contributed by atoms with Crippen molar-refractivity contribution in [3.05, 3.63) is 46.1 Å². The zero-order valence-electron chi connectivity index (χ0n) is 26.1. The lowest BCUT2D eigenvalue weighted by Gasteiger charge is -2.14. The quantitative estimate of drug-likeness (QED) is 0.0638. The molecule has 1 aromatic carbocycles. The molecule has 0 fully saturated rings. The second-order valence-electron chi connectivity index (χ2n) is 11.6. The SMILES string of the molecule is CCCCCCCCCCCCCCCC(=O)OCc1cc(OC)c2c(c1C=O)O[C@@H](/C(C)=C\C(=O)C=C(C)C)C2. The molecule has 1 atom stereocenters. The molecule has 6 heteroatoms. The molecule has 0 aliphatic carbocycles. The van der Waals surface area contributed by atoms with E-state index < -0.39 is 0 Å². The molecule has 2 rings (SSSR count). The summed E-state index contributed by atoms with van der Waals surface area (Å²) in [7, 11) is 1.56. The molecule has 0 N–H and O–H groups in total. The van der Waals surface area contributed by atoms with Crippen molar-refractivity contribution in [2.45, 2.75) is 137 Å². The number of allylic oxidation sites excluding steroid dienone is 3. The lowest BCUT2D eigenvalue weighted by molar-refractivity contribution is -0.145. The van der Waals surface area contributed by atoms with Gasteiger partial charge in [-0.3, -0.25) is 14.4 Å². The van der Waals surface area contributed by atoms with Crippen LogP contribution in [0.1, 0.15) is 139 Å². The number of ketones is 1. The average molecular weight is 569 g/mol. The molecule has 228 valence electrons. The summed E-state index contributed by atoms with van der Waals surface area (Å²) in [6, 6.07) is 1.75. The van der Waals surface area contributed by atoms with Gasteiger partial charge >= 0.3 is 5.97 Å². The van der Waals surface area contributed by atoms with Crippen molar-refractivity contribution >= 4 is 18.0 Å². The Kier molecular flexibility index (Phi) is 16.1. The molecular formula is C35H52O6. The van der Waals surface area contributed by atoms with Crippen LogP contribution in [0.2, 0.25) is 0 Å². The predicted octanol–water partition coefficient (Wildman–Crippen LogP) is 8.82.